The van der Waals surface area contributed by atoms with Gasteiger partial charge in [0.05, 0.1) is 17.6 Å². The third-order valence-electron chi connectivity index (χ3n) is 3.26. The molecule has 3 rings (SSSR count). The molecule has 0 spiro atoms. The Morgan fingerprint density at radius 3 is 3.16 bits per heavy atom. The third kappa shape index (κ3) is 2.48. The van der Waals surface area contributed by atoms with Gasteiger partial charge in [-0.1, -0.05) is 6.07 Å². The lowest BCUT2D eigenvalue weighted by Gasteiger charge is -2.10. The molecule has 1 fully saturated rings. The van der Waals surface area contributed by atoms with Gasteiger partial charge >= 0.3 is 0 Å². The summed E-state index contributed by atoms with van der Waals surface area (Å²) < 4.78 is 8.03. The summed E-state index contributed by atoms with van der Waals surface area (Å²) in [6.07, 6.45) is 1.05. The number of hydrogen-bond donors (Lipinski definition) is 1. The van der Waals surface area contributed by atoms with Gasteiger partial charge in [-0.3, -0.25) is 0 Å². The van der Waals surface area contributed by atoms with Crippen LogP contribution >= 0.6 is 15.9 Å². The molecule has 2 N–H and O–H groups in total. The van der Waals surface area contributed by atoms with E-state index < -0.39 is 0 Å². The first-order valence-corrected chi connectivity index (χ1v) is 6.93. The molecule has 0 bridgehead atoms. The van der Waals surface area contributed by atoms with E-state index in [1.165, 1.54) is 0 Å². The minimum atomic E-state index is 0.474. The lowest BCUT2D eigenvalue weighted by atomic mass is 10.1. The van der Waals surface area contributed by atoms with Crippen molar-refractivity contribution in [1.82, 2.24) is 20.2 Å². The quantitative estimate of drug-likeness (QED) is 0.870. The van der Waals surface area contributed by atoms with Crippen molar-refractivity contribution in [3.63, 3.8) is 0 Å². The Kier molecular flexibility index (Phi) is 3.48. The Morgan fingerprint density at radius 1 is 1.47 bits per heavy atom. The van der Waals surface area contributed by atoms with Crippen molar-refractivity contribution < 1.29 is 4.74 Å². The molecule has 1 aromatic carbocycles. The fraction of sp³-hybridized carbons (Fsp3) is 0.417. The van der Waals surface area contributed by atoms with Crippen LogP contribution in [0.1, 0.15) is 6.42 Å². The van der Waals surface area contributed by atoms with Crippen LogP contribution in [0.15, 0.2) is 22.7 Å². The number of anilines is 1. The van der Waals surface area contributed by atoms with E-state index in [2.05, 4.69) is 31.5 Å². The van der Waals surface area contributed by atoms with Gasteiger partial charge in [0.1, 0.15) is 0 Å². The van der Waals surface area contributed by atoms with Gasteiger partial charge in [0, 0.05) is 23.8 Å². The molecule has 0 saturated carbocycles. The number of nitrogen functional groups attached to an aromatic ring is 1. The van der Waals surface area contributed by atoms with Crippen molar-refractivity contribution in [3.8, 4) is 11.4 Å². The second kappa shape index (κ2) is 5.26. The monoisotopic (exact) mass is 323 g/mol. The molecule has 2 heterocycles. The van der Waals surface area contributed by atoms with Gasteiger partial charge in [0.2, 0.25) is 0 Å². The predicted octanol–water partition coefficient (Wildman–Crippen LogP) is 1.72. The van der Waals surface area contributed by atoms with Gasteiger partial charge in [0.15, 0.2) is 5.82 Å². The maximum atomic E-state index is 5.90. The van der Waals surface area contributed by atoms with Gasteiger partial charge < -0.3 is 10.5 Å². The zero-order chi connectivity index (χ0) is 13.2. The summed E-state index contributed by atoms with van der Waals surface area (Å²) in [7, 11) is 0. The summed E-state index contributed by atoms with van der Waals surface area (Å²) in [5, 5.41) is 11.9. The zero-order valence-electron chi connectivity index (χ0n) is 10.3. The van der Waals surface area contributed by atoms with Gasteiger partial charge in [-0.25, -0.2) is 4.68 Å². The number of nitrogens with two attached hydrogens (primary N) is 1. The van der Waals surface area contributed by atoms with E-state index in [1.807, 2.05) is 22.9 Å². The largest absolute Gasteiger partial charge is 0.398 e. The van der Waals surface area contributed by atoms with Gasteiger partial charge in [0.25, 0.3) is 0 Å². The van der Waals surface area contributed by atoms with E-state index in [0.717, 1.165) is 42.0 Å². The first-order chi connectivity index (χ1) is 9.25. The molecule has 0 amide bonds. The molecule has 7 heteroatoms. The second-order valence-electron chi connectivity index (χ2n) is 4.62. The van der Waals surface area contributed by atoms with Crippen LogP contribution in [0.5, 0.6) is 0 Å². The van der Waals surface area contributed by atoms with Crippen LogP contribution in [0.3, 0.4) is 0 Å². The molecule has 2 aromatic rings. The highest BCUT2D eigenvalue weighted by Crippen LogP contribution is 2.31. The highest BCUT2D eigenvalue weighted by atomic mass is 79.9. The summed E-state index contributed by atoms with van der Waals surface area (Å²) >= 11 is 3.49. The lowest BCUT2D eigenvalue weighted by molar-refractivity contribution is 0.181. The van der Waals surface area contributed by atoms with Gasteiger partial charge in [-0.15, -0.1) is 5.10 Å². The molecule has 100 valence electrons. The number of tetrazole rings is 1. The number of benzene rings is 1. The van der Waals surface area contributed by atoms with Crippen molar-refractivity contribution in [1.29, 1.82) is 0 Å². The summed E-state index contributed by atoms with van der Waals surface area (Å²) in [5.41, 5.74) is 7.48. The smallest absolute Gasteiger partial charge is 0.183 e. The number of ether oxygens (including phenoxy) is 1. The average molecular weight is 324 g/mol. The number of hydrogen-bond acceptors (Lipinski definition) is 5. The fourth-order valence-electron chi connectivity index (χ4n) is 2.21. The molecule has 0 aliphatic carbocycles. The molecule has 19 heavy (non-hydrogen) atoms. The topological polar surface area (TPSA) is 78.9 Å². The maximum absolute atomic E-state index is 5.90. The molecular formula is C12H14BrN5O. The summed E-state index contributed by atoms with van der Waals surface area (Å²) in [5.74, 6) is 1.20. The average Bonchev–Trinajstić information content (AvgIpc) is 3.05. The van der Waals surface area contributed by atoms with Crippen molar-refractivity contribution in [2.45, 2.75) is 13.0 Å². The van der Waals surface area contributed by atoms with E-state index in [4.69, 9.17) is 10.5 Å². The van der Waals surface area contributed by atoms with Crippen LogP contribution in [-0.2, 0) is 11.3 Å². The van der Waals surface area contributed by atoms with Crippen LogP contribution in [0.2, 0.25) is 0 Å². The first kappa shape index (κ1) is 12.6. The van der Waals surface area contributed by atoms with E-state index in [-0.39, 0.29) is 0 Å². The number of rotatable bonds is 3. The number of nitrogens with zero attached hydrogens (tertiary/aromatic N) is 4. The number of aromatic nitrogens is 4. The van der Waals surface area contributed by atoms with Gasteiger partial charge in [-0.2, -0.15) is 0 Å². The van der Waals surface area contributed by atoms with E-state index in [0.29, 0.717) is 11.6 Å². The maximum Gasteiger partial charge on any atom is 0.183 e. The van der Waals surface area contributed by atoms with E-state index >= 15 is 0 Å². The van der Waals surface area contributed by atoms with E-state index in [9.17, 15) is 0 Å². The zero-order valence-corrected chi connectivity index (χ0v) is 11.9. The molecular weight excluding hydrogens is 310 g/mol. The Hall–Kier alpha value is -1.47. The Balaban J connectivity index is 1.92. The van der Waals surface area contributed by atoms with Crippen molar-refractivity contribution >= 4 is 21.6 Å². The van der Waals surface area contributed by atoms with Crippen molar-refractivity contribution in [2.24, 2.45) is 5.92 Å². The molecule has 6 nitrogen and oxygen atoms in total. The standard InChI is InChI=1S/C12H14BrN5O/c13-11-9(2-1-3-10(11)14)12-15-16-17-18(12)6-8-4-5-19-7-8/h1-3,8H,4-7,14H2. The fourth-order valence-corrected chi connectivity index (χ4v) is 2.66. The lowest BCUT2D eigenvalue weighted by Crippen LogP contribution is -2.13. The van der Waals surface area contributed by atoms with Crippen molar-refractivity contribution in [2.75, 3.05) is 18.9 Å². The van der Waals surface area contributed by atoms with Crippen LogP contribution in [0, 0.1) is 5.92 Å². The van der Waals surface area contributed by atoms with Crippen LogP contribution in [-0.4, -0.2) is 33.4 Å². The van der Waals surface area contributed by atoms with Gasteiger partial charge in [-0.05, 0) is 44.9 Å². The Labute approximate surface area is 119 Å². The van der Waals surface area contributed by atoms with E-state index in [1.54, 1.807) is 0 Å². The second-order valence-corrected chi connectivity index (χ2v) is 5.42. The van der Waals surface area contributed by atoms with Crippen LogP contribution in [0.25, 0.3) is 11.4 Å². The normalized spacial score (nSPS) is 18.9. The summed E-state index contributed by atoms with van der Waals surface area (Å²) in [6, 6.07) is 5.69. The highest BCUT2D eigenvalue weighted by molar-refractivity contribution is 9.10. The molecule has 0 radical (unpaired) electrons. The Morgan fingerprint density at radius 2 is 2.37 bits per heavy atom. The number of halogens is 1. The minimum absolute atomic E-state index is 0.474. The summed E-state index contributed by atoms with van der Waals surface area (Å²) in [4.78, 5) is 0. The van der Waals surface area contributed by atoms with Crippen LogP contribution < -0.4 is 5.73 Å². The molecule has 1 aromatic heterocycles. The SMILES string of the molecule is Nc1cccc(-c2nnnn2CC2CCOC2)c1Br. The third-order valence-corrected chi connectivity index (χ3v) is 4.14. The molecule has 1 unspecified atom stereocenters. The predicted molar refractivity (Wildman–Crippen MR) is 74.3 cm³/mol. The van der Waals surface area contributed by atoms with Crippen molar-refractivity contribution in [3.05, 3.63) is 22.7 Å². The first-order valence-electron chi connectivity index (χ1n) is 6.14. The molecule has 1 saturated heterocycles. The van der Waals surface area contributed by atoms with Crippen LogP contribution in [0.4, 0.5) is 5.69 Å². The molecule has 1 aliphatic rings. The minimum Gasteiger partial charge on any atom is -0.398 e. The summed E-state index contributed by atoms with van der Waals surface area (Å²) in [6.45, 7) is 2.37. The molecule has 1 aliphatic heterocycles. The molecule has 1 atom stereocenters. The highest BCUT2D eigenvalue weighted by Gasteiger charge is 2.20. The Bertz CT molecular complexity index is 579.